The highest BCUT2D eigenvalue weighted by molar-refractivity contribution is 5.58. The van der Waals surface area contributed by atoms with Crippen molar-refractivity contribution in [3.05, 3.63) is 42.5 Å². The van der Waals surface area contributed by atoms with Crippen LogP contribution in [0.4, 0.5) is 17.3 Å². The van der Waals surface area contributed by atoms with Crippen molar-refractivity contribution in [3.63, 3.8) is 0 Å². The third-order valence-corrected chi connectivity index (χ3v) is 2.50. The molecule has 1 aromatic heterocycles. The molecule has 4 nitrogen and oxygen atoms in total. The van der Waals surface area contributed by atoms with Crippen LogP contribution in [-0.2, 0) is 0 Å². The lowest BCUT2D eigenvalue weighted by Gasteiger charge is -2.11. The Balaban J connectivity index is 2.06. The van der Waals surface area contributed by atoms with Crippen LogP contribution in [0.25, 0.3) is 0 Å². The molecule has 0 radical (unpaired) electrons. The molecule has 0 unspecified atom stereocenters. The summed E-state index contributed by atoms with van der Waals surface area (Å²) in [6.45, 7) is 4.03. The lowest BCUT2D eigenvalue weighted by Crippen LogP contribution is -2.05. The first kappa shape index (κ1) is 13.2. The molecule has 2 aromatic rings. The molecule has 4 heteroatoms. The number of aromatic nitrogens is 1. The van der Waals surface area contributed by atoms with Gasteiger partial charge in [0.05, 0.1) is 6.10 Å². The first-order valence-electron chi connectivity index (χ1n) is 6.36. The van der Waals surface area contributed by atoms with Crippen molar-refractivity contribution in [2.45, 2.75) is 20.0 Å². The Morgan fingerprint density at radius 2 is 1.68 bits per heavy atom. The third kappa shape index (κ3) is 3.88. The summed E-state index contributed by atoms with van der Waals surface area (Å²) in [5.74, 6) is 2.52. The largest absolute Gasteiger partial charge is 0.491 e. The summed E-state index contributed by atoms with van der Waals surface area (Å²) >= 11 is 0. The topological polar surface area (TPSA) is 46.2 Å². The maximum absolute atomic E-state index is 5.60. The quantitative estimate of drug-likeness (QED) is 0.858. The summed E-state index contributed by atoms with van der Waals surface area (Å²) in [7, 11) is 1.85. The smallest absolute Gasteiger partial charge is 0.132 e. The predicted octanol–water partition coefficient (Wildman–Crippen LogP) is 3.65. The second-order valence-corrected chi connectivity index (χ2v) is 4.47. The van der Waals surface area contributed by atoms with E-state index in [0.717, 1.165) is 23.1 Å². The van der Waals surface area contributed by atoms with Crippen molar-refractivity contribution in [1.29, 1.82) is 0 Å². The molecule has 0 saturated heterocycles. The van der Waals surface area contributed by atoms with Crippen LogP contribution in [0.2, 0.25) is 0 Å². The second kappa shape index (κ2) is 6.09. The van der Waals surface area contributed by atoms with Gasteiger partial charge >= 0.3 is 0 Å². The zero-order valence-corrected chi connectivity index (χ0v) is 11.5. The minimum atomic E-state index is 0.188. The molecule has 1 aromatic carbocycles. The van der Waals surface area contributed by atoms with E-state index in [0.29, 0.717) is 0 Å². The van der Waals surface area contributed by atoms with Gasteiger partial charge in [-0.25, -0.2) is 4.98 Å². The molecule has 0 aliphatic rings. The van der Waals surface area contributed by atoms with Gasteiger partial charge in [0, 0.05) is 12.7 Å². The van der Waals surface area contributed by atoms with E-state index in [9.17, 15) is 0 Å². The minimum absolute atomic E-state index is 0.188. The fourth-order valence-corrected chi connectivity index (χ4v) is 1.68. The van der Waals surface area contributed by atoms with E-state index in [1.165, 1.54) is 0 Å². The molecule has 0 fully saturated rings. The average molecular weight is 257 g/mol. The molecule has 19 heavy (non-hydrogen) atoms. The van der Waals surface area contributed by atoms with Crippen LogP contribution in [-0.4, -0.2) is 18.1 Å². The molecular formula is C15H19N3O. The van der Waals surface area contributed by atoms with Crippen LogP contribution < -0.4 is 15.4 Å². The number of hydrogen-bond donors (Lipinski definition) is 2. The van der Waals surface area contributed by atoms with Gasteiger partial charge < -0.3 is 15.4 Å². The molecule has 0 aliphatic carbocycles. The van der Waals surface area contributed by atoms with Crippen LogP contribution in [0.3, 0.4) is 0 Å². The van der Waals surface area contributed by atoms with Gasteiger partial charge in [-0.1, -0.05) is 6.07 Å². The molecular weight excluding hydrogens is 238 g/mol. The Hall–Kier alpha value is -2.23. The number of benzene rings is 1. The van der Waals surface area contributed by atoms with Crippen molar-refractivity contribution < 1.29 is 4.74 Å². The first-order chi connectivity index (χ1) is 9.17. The van der Waals surface area contributed by atoms with E-state index in [4.69, 9.17) is 4.74 Å². The van der Waals surface area contributed by atoms with Gasteiger partial charge in [0.25, 0.3) is 0 Å². The number of nitrogens with zero attached hydrogens (tertiary/aromatic N) is 1. The number of anilines is 3. The molecule has 2 rings (SSSR count). The lowest BCUT2D eigenvalue weighted by atomic mass is 10.3. The SMILES string of the molecule is CNc1cccc(Nc2ccc(OC(C)C)cc2)n1. The highest BCUT2D eigenvalue weighted by Crippen LogP contribution is 2.20. The fraction of sp³-hybridized carbons (Fsp3) is 0.267. The van der Waals surface area contributed by atoms with Crippen molar-refractivity contribution in [2.75, 3.05) is 17.7 Å². The maximum atomic E-state index is 5.60. The number of pyridine rings is 1. The average Bonchev–Trinajstić information content (AvgIpc) is 2.41. The van der Waals surface area contributed by atoms with Crippen LogP contribution in [0.5, 0.6) is 5.75 Å². The molecule has 0 saturated carbocycles. The third-order valence-electron chi connectivity index (χ3n) is 2.50. The first-order valence-corrected chi connectivity index (χ1v) is 6.36. The summed E-state index contributed by atoms with van der Waals surface area (Å²) in [5, 5.41) is 6.27. The van der Waals surface area contributed by atoms with E-state index >= 15 is 0 Å². The molecule has 1 heterocycles. The number of nitrogens with one attached hydrogen (secondary N) is 2. The van der Waals surface area contributed by atoms with Gasteiger partial charge in [-0.05, 0) is 50.2 Å². The zero-order valence-electron chi connectivity index (χ0n) is 11.5. The van der Waals surface area contributed by atoms with Crippen LogP contribution in [0, 0.1) is 0 Å². The fourth-order valence-electron chi connectivity index (χ4n) is 1.68. The van der Waals surface area contributed by atoms with Crippen molar-refractivity contribution in [3.8, 4) is 5.75 Å². The van der Waals surface area contributed by atoms with Crippen LogP contribution in [0.15, 0.2) is 42.5 Å². The zero-order chi connectivity index (χ0) is 13.7. The highest BCUT2D eigenvalue weighted by Gasteiger charge is 2.00. The molecule has 0 amide bonds. The highest BCUT2D eigenvalue weighted by atomic mass is 16.5. The Bertz CT molecular complexity index is 523. The number of rotatable bonds is 5. The molecule has 100 valence electrons. The van der Waals surface area contributed by atoms with E-state index < -0.39 is 0 Å². The van der Waals surface area contributed by atoms with E-state index in [1.807, 2.05) is 63.4 Å². The summed E-state index contributed by atoms with van der Waals surface area (Å²) in [5.41, 5.74) is 0.983. The summed E-state index contributed by atoms with van der Waals surface area (Å²) in [4.78, 5) is 4.40. The minimum Gasteiger partial charge on any atom is -0.491 e. The van der Waals surface area contributed by atoms with Crippen LogP contribution >= 0.6 is 0 Å². The summed E-state index contributed by atoms with van der Waals surface area (Å²) in [6.07, 6.45) is 0.188. The van der Waals surface area contributed by atoms with Gasteiger partial charge in [0.15, 0.2) is 0 Å². The van der Waals surface area contributed by atoms with Gasteiger partial charge in [-0.3, -0.25) is 0 Å². The Morgan fingerprint density at radius 1 is 1.00 bits per heavy atom. The van der Waals surface area contributed by atoms with E-state index in [2.05, 4.69) is 15.6 Å². The molecule has 2 N–H and O–H groups in total. The summed E-state index contributed by atoms with van der Waals surface area (Å²) in [6, 6.07) is 13.7. The van der Waals surface area contributed by atoms with E-state index in [-0.39, 0.29) is 6.10 Å². The van der Waals surface area contributed by atoms with E-state index in [1.54, 1.807) is 0 Å². The maximum Gasteiger partial charge on any atom is 0.132 e. The second-order valence-electron chi connectivity index (χ2n) is 4.47. The van der Waals surface area contributed by atoms with Crippen molar-refractivity contribution in [1.82, 2.24) is 4.98 Å². The molecule has 0 bridgehead atoms. The van der Waals surface area contributed by atoms with Gasteiger partial charge in [-0.2, -0.15) is 0 Å². The van der Waals surface area contributed by atoms with Crippen LogP contribution in [0.1, 0.15) is 13.8 Å². The van der Waals surface area contributed by atoms with Gasteiger partial charge in [-0.15, -0.1) is 0 Å². The monoisotopic (exact) mass is 257 g/mol. The standard InChI is InChI=1S/C15H19N3O/c1-11(2)19-13-9-7-12(8-10-13)17-15-6-4-5-14(16-3)18-15/h4-11H,1-3H3,(H2,16,17,18). The van der Waals surface area contributed by atoms with Gasteiger partial charge in [0.2, 0.25) is 0 Å². The lowest BCUT2D eigenvalue weighted by molar-refractivity contribution is 0.242. The molecule has 0 spiro atoms. The Kier molecular flexibility index (Phi) is 4.23. The Morgan fingerprint density at radius 3 is 2.32 bits per heavy atom. The van der Waals surface area contributed by atoms with Gasteiger partial charge in [0.1, 0.15) is 17.4 Å². The summed E-state index contributed by atoms with van der Waals surface area (Å²) < 4.78 is 5.60. The normalized spacial score (nSPS) is 10.3. The molecule has 0 atom stereocenters. The number of ether oxygens (including phenoxy) is 1. The predicted molar refractivity (Wildman–Crippen MR) is 79.3 cm³/mol. The van der Waals surface area contributed by atoms with Crippen molar-refractivity contribution >= 4 is 17.3 Å². The van der Waals surface area contributed by atoms with Crippen molar-refractivity contribution in [2.24, 2.45) is 0 Å². The number of hydrogen-bond acceptors (Lipinski definition) is 4. The Labute approximate surface area is 113 Å². The molecule has 0 aliphatic heterocycles.